The maximum Gasteiger partial charge on any atom is 0.144 e. The number of fused-ring (bicyclic) bond motifs is 6. The van der Waals surface area contributed by atoms with E-state index in [1.807, 2.05) is 30.3 Å². The van der Waals surface area contributed by atoms with Crippen molar-refractivity contribution < 1.29 is 9.90 Å². The maximum atomic E-state index is 8.77. The van der Waals surface area contributed by atoms with Gasteiger partial charge in [-0.15, -0.1) is 0 Å². The molecule has 0 unspecified atom stereocenters. The van der Waals surface area contributed by atoms with E-state index in [0.29, 0.717) is 11.1 Å². The molecule has 4 aromatic carbocycles. The Hall–Kier alpha value is -3.65. The molecule has 0 bridgehead atoms. The summed E-state index contributed by atoms with van der Waals surface area (Å²) in [5, 5.41) is 6.41. The van der Waals surface area contributed by atoms with Crippen molar-refractivity contribution in [2.24, 2.45) is 0 Å². The average Bonchev–Trinajstić information content (AvgIpc) is 3.17. The van der Waals surface area contributed by atoms with Crippen LogP contribution in [-0.2, 0) is 0 Å². The third kappa shape index (κ3) is 2.54. The fraction of sp³-hybridized carbons (Fsp3) is 0.107. The van der Waals surface area contributed by atoms with E-state index >= 15 is 0 Å². The van der Waals surface area contributed by atoms with Gasteiger partial charge in [0, 0.05) is 23.9 Å². The van der Waals surface area contributed by atoms with Crippen LogP contribution in [0.5, 0.6) is 0 Å². The summed E-state index contributed by atoms with van der Waals surface area (Å²) in [4.78, 5) is 4.28. The van der Waals surface area contributed by atoms with Crippen molar-refractivity contribution in [1.29, 1.82) is 0 Å². The topological polar surface area (TPSA) is 26.0 Å². The molecule has 2 nitrogen and oxygen atoms in total. The van der Waals surface area contributed by atoms with Gasteiger partial charge in [-0.3, -0.25) is 4.98 Å². The summed E-state index contributed by atoms with van der Waals surface area (Å²) in [6.07, 6.45) is -0.244. The van der Waals surface area contributed by atoms with Crippen LogP contribution in [-0.4, -0.2) is 4.98 Å². The van der Waals surface area contributed by atoms with E-state index in [-0.39, 0.29) is 29.5 Å². The summed E-state index contributed by atoms with van der Waals surface area (Å²) in [5.41, 5.74) is 2.36. The highest BCUT2D eigenvalue weighted by Crippen LogP contribution is 2.38. The van der Waals surface area contributed by atoms with E-state index in [1.165, 1.54) is 0 Å². The van der Waals surface area contributed by atoms with Crippen molar-refractivity contribution in [1.82, 2.24) is 4.98 Å². The van der Waals surface area contributed by atoms with Gasteiger partial charge in [-0.2, -0.15) is 0 Å². The van der Waals surface area contributed by atoms with E-state index in [2.05, 4.69) is 41.4 Å². The largest absolute Gasteiger partial charge is 0.455 e. The second kappa shape index (κ2) is 6.43. The summed E-state index contributed by atoms with van der Waals surface area (Å²) in [6.45, 7) is 3.25. The lowest BCUT2D eigenvalue weighted by atomic mass is 9.99. The van der Waals surface area contributed by atoms with Gasteiger partial charge in [0.25, 0.3) is 0 Å². The van der Waals surface area contributed by atoms with Crippen LogP contribution >= 0.6 is 0 Å². The van der Waals surface area contributed by atoms with E-state index in [9.17, 15) is 0 Å². The van der Waals surface area contributed by atoms with Gasteiger partial charge in [-0.05, 0) is 63.3 Å². The van der Waals surface area contributed by atoms with Gasteiger partial charge >= 0.3 is 0 Å². The first kappa shape index (κ1) is 13.6. The summed E-state index contributed by atoms with van der Waals surface area (Å²) in [5.74, 6) is -1.21. The molecule has 0 N–H and O–H groups in total. The quantitative estimate of drug-likeness (QED) is 0.279. The van der Waals surface area contributed by atoms with Crippen LogP contribution in [0.1, 0.15) is 30.8 Å². The van der Waals surface area contributed by atoms with Crippen LogP contribution in [0.15, 0.2) is 89.4 Å². The van der Waals surface area contributed by atoms with Crippen molar-refractivity contribution in [3.63, 3.8) is 0 Å². The van der Waals surface area contributed by atoms with Crippen molar-refractivity contribution in [3.8, 4) is 11.3 Å². The number of nitrogens with zero attached hydrogens (tertiary/aromatic N) is 1. The minimum Gasteiger partial charge on any atom is -0.455 e. The molecule has 2 heteroatoms. The number of furan rings is 1. The Morgan fingerprint density at radius 1 is 0.867 bits per heavy atom. The summed E-state index contributed by atoms with van der Waals surface area (Å²) < 4.78 is 40.0. The van der Waals surface area contributed by atoms with Crippen LogP contribution in [0, 0.1) is 0 Å². The van der Waals surface area contributed by atoms with Crippen molar-refractivity contribution >= 4 is 43.5 Å². The highest BCUT2D eigenvalue weighted by molar-refractivity contribution is 6.17. The van der Waals surface area contributed by atoms with Gasteiger partial charge in [-0.1, -0.05) is 62.4 Å². The zero-order valence-electron chi connectivity index (χ0n) is 20.7. The molecular weight excluding hydrogens is 366 g/mol. The second-order valence-electron chi connectivity index (χ2n) is 7.84. The SMILES string of the molecule is [2H]c1nc(-c2cccc3c2oc2cc4c(ccc5ccccc54)cc23)c([2H])c(C([2H])(C)C)c1[2H]. The number of aromatic nitrogens is 1. The molecule has 0 spiro atoms. The molecular formula is C28H21NO. The molecule has 30 heavy (non-hydrogen) atoms. The third-order valence-corrected chi connectivity index (χ3v) is 5.71. The number of hydrogen-bond donors (Lipinski definition) is 0. The lowest BCUT2D eigenvalue weighted by Gasteiger charge is -2.07. The molecule has 0 saturated carbocycles. The minimum atomic E-state index is -1.21. The number of hydrogen-bond acceptors (Lipinski definition) is 2. The summed E-state index contributed by atoms with van der Waals surface area (Å²) in [7, 11) is 0. The van der Waals surface area contributed by atoms with Crippen LogP contribution in [0.4, 0.5) is 0 Å². The first-order chi connectivity index (χ1) is 16.2. The number of rotatable bonds is 2. The first-order valence-corrected chi connectivity index (χ1v) is 9.99. The van der Waals surface area contributed by atoms with Gasteiger partial charge in [0.2, 0.25) is 0 Å². The molecule has 0 aliphatic heterocycles. The second-order valence-corrected chi connectivity index (χ2v) is 7.84. The van der Waals surface area contributed by atoms with Crippen molar-refractivity contribution in [3.05, 3.63) is 90.6 Å². The molecule has 0 amide bonds. The molecule has 0 aliphatic carbocycles. The molecule has 0 aliphatic rings. The Morgan fingerprint density at radius 3 is 2.60 bits per heavy atom. The van der Waals surface area contributed by atoms with Gasteiger partial charge in [0.15, 0.2) is 0 Å². The predicted molar refractivity (Wildman–Crippen MR) is 126 cm³/mol. The summed E-state index contributed by atoms with van der Waals surface area (Å²) in [6, 6.07) is 22.2. The Bertz CT molecular complexity index is 1780. The molecule has 0 atom stereocenters. The Balaban J connectivity index is 1.69. The van der Waals surface area contributed by atoms with E-state index in [1.54, 1.807) is 13.8 Å². The smallest absolute Gasteiger partial charge is 0.144 e. The molecule has 0 radical (unpaired) electrons. The van der Waals surface area contributed by atoms with Crippen LogP contribution in [0.2, 0.25) is 0 Å². The molecule has 2 heterocycles. The van der Waals surface area contributed by atoms with Crippen LogP contribution < -0.4 is 0 Å². The van der Waals surface area contributed by atoms with E-state index in [0.717, 1.165) is 37.9 Å². The first-order valence-electron chi connectivity index (χ1n) is 12.0. The van der Waals surface area contributed by atoms with Crippen molar-refractivity contribution in [2.45, 2.75) is 19.7 Å². The standard InChI is InChI=1S/C28H21NO/c1-17(2)19-12-13-29-26(15-19)23-9-5-8-22-25-14-20-11-10-18-6-3-4-7-21(18)24(20)16-27(25)30-28(22)23/h3-17H,1-2H3/i12D,13D,15D,17D. The van der Waals surface area contributed by atoms with E-state index in [4.69, 9.17) is 9.90 Å². The highest BCUT2D eigenvalue weighted by Gasteiger charge is 2.15. The normalized spacial score (nSPS) is 14.2. The fourth-order valence-electron chi connectivity index (χ4n) is 4.18. The van der Waals surface area contributed by atoms with Gasteiger partial charge in [0.1, 0.15) is 11.2 Å². The highest BCUT2D eigenvalue weighted by atomic mass is 16.3. The summed E-state index contributed by atoms with van der Waals surface area (Å²) >= 11 is 0. The van der Waals surface area contributed by atoms with Gasteiger partial charge < -0.3 is 4.42 Å². The predicted octanol–water partition coefficient (Wildman–Crippen LogP) is 8.08. The monoisotopic (exact) mass is 391 g/mol. The number of pyridine rings is 1. The molecule has 6 rings (SSSR count). The third-order valence-electron chi connectivity index (χ3n) is 5.71. The lowest BCUT2D eigenvalue weighted by Crippen LogP contribution is -1.90. The van der Waals surface area contributed by atoms with Crippen LogP contribution in [0.3, 0.4) is 0 Å². The fourth-order valence-corrected chi connectivity index (χ4v) is 4.18. The number of para-hydroxylation sites is 1. The Morgan fingerprint density at radius 2 is 1.70 bits per heavy atom. The average molecular weight is 392 g/mol. The van der Waals surface area contributed by atoms with Gasteiger partial charge in [0.05, 0.1) is 9.81 Å². The molecule has 6 aromatic rings. The molecule has 144 valence electrons. The Kier molecular flexibility index (Phi) is 2.90. The minimum absolute atomic E-state index is 0.00916. The maximum absolute atomic E-state index is 8.77. The molecule has 0 fully saturated rings. The lowest BCUT2D eigenvalue weighted by molar-refractivity contribution is 0.670. The van der Waals surface area contributed by atoms with Gasteiger partial charge in [-0.25, -0.2) is 0 Å². The molecule has 2 aromatic heterocycles. The van der Waals surface area contributed by atoms with E-state index < -0.39 is 5.89 Å². The zero-order valence-corrected chi connectivity index (χ0v) is 16.7. The Labute approximate surface area is 180 Å². The van der Waals surface area contributed by atoms with Crippen molar-refractivity contribution in [2.75, 3.05) is 0 Å². The van der Waals surface area contributed by atoms with Crippen LogP contribution in [0.25, 0.3) is 54.7 Å². The number of benzene rings is 4. The zero-order chi connectivity index (χ0) is 23.8. The molecule has 0 saturated heterocycles.